The van der Waals surface area contributed by atoms with Crippen LogP contribution in [-0.4, -0.2) is 48.9 Å². The number of likely N-dealkylation sites (N-methyl/N-ethyl adjacent to an activating group) is 1. The Kier molecular flexibility index (Phi) is 4.75. The molecule has 1 aliphatic rings. The first-order valence-corrected chi connectivity index (χ1v) is 7.03. The molecule has 0 aliphatic carbocycles. The Balaban J connectivity index is 2.15. The first-order valence-electron chi connectivity index (χ1n) is 7.03. The summed E-state index contributed by atoms with van der Waals surface area (Å²) in [5, 5.41) is 9.37. The van der Waals surface area contributed by atoms with Gasteiger partial charge in [-0.3, -0.25) is 4.79 Å². The van der Waals surface area contributed by atoms with E-state index in [-0.39, 0.29) is 11.9 Å². The fourth-order valence-electron chi connectivity index (χ4n) is 2.82. The van der Waals surface area contributed by atoms with E-state index in [0.717, 1.165) is 31.5 Å². The maximum Gasteiger partial charge on any atom is 0.244 e. The van der Waals surface area contributed by atoms with Crippen molar-refractivity contribution in [3.8, 4) is 6.07 Å². The Morgan fingerprint density at radius 1 is 1.45 bits per heavy atom. The van der Waals surface area contributed by atoms with E-state index in [4.69, 9.17) is 0 Å². The van der Waals surface area contributed by atoms with E-state index in [1.807, 2.05) is 49.3 Å². The molecule has 4 heteroatoms. The average molecular weight is 271 g/mol. The number of nitriles is 1. The molecule has 1 aromatic carbocycles. The minimum atomic E-state index is -0.682. The van der Waals surface area contributed by atoms with Gasteiger partial charge >= 0.3 is 0 Å². The van der Waals surface area contributed by atoms with Crippen LogP contribution in [0.2, 0.25) is 0 Å². The Morgan fingerprint density at radius 2 is 2.15 bits per heavy atom. The van der Waals surface area contributed by atoms with Gasteiger partial charge in [-0.1, -0.05) is 30.3 Å². The molecule has 0 bridgehead atoms. The molecule has 1 heterocycles. The van der Waals surface area contributed by atoms with Crippen molar-refractivity contribution in [3.63, 3.8) is 0 Å². The molecule has 20 heavy (non-hydrogen) atoms. The summed E-state index contributed by atoms with van der Waals surface area (Å²) in [6, 6.07) is 11.7. The van der Waals surface area contributed by atoms with Gasteiger partial charge in [0.2, 0.25) is 5.91 Å². The van der Waals surface area contributed by atoms with Gasteiger partial charge < -0.3 is 9.80 Å². The van der Waals surface area contributed by atoms with E-state index in [1.54, 1.807) is 0 Å². The monoisotopic (exact) mass is 271 g/mol. The molecule has 0 radical (unpaired) electrons. The van der Waals surface area contributed by atoms with E-state index in [0.29, 0.717) is 0 Å². The van der Waals surface area contributed by atoms with Crippen LogP contribution in [0.25, 0.3) is 0 Å². The number of hydrogen-bond donors (Lipinski definition) is 0. The number of nitrogens with zero attached hydrogens (tertiary/aromatic N) is 3. The standard InChI is InChI=1S/C16H21N3O/c1-18(2)12-14-9-6-10-19(14)16(20)15(11-17)13-7-4-3-5-8-13/h3-5,7-8,14-15H,6,9-10,12H2,1-2H3. The number of likely N-dealkylation sites (tertiary alicyclic amines) is 1. The molecule has 0 aromatic heterocycles. The van der Waals surface area contributed by atoms with Crippen molar-refractivity contribution >= 4 is 5.91 Å². The minimum Gasteiger partial charge on any atom is -0.337 e. The van der Waals surface area contributed by atoms with Crippen LogP contribution in [-0.2, 0) is 4.79 Å². The van der Waals surface area contributed by atoms with Gasteiger partial charge in [-0.2, -0.15) is 5.26 Å². The van der Waals surface area contributed by atoms with Crippen molar-refractivity contribution in [2.24, 2.45) is 0 Å². The fraction of sp³-hybridized carbons (Fsp3) is 0.500. The zero-order valence-corrected chi connectivity index (χ0v) is 12.1. The summed E-state index contributed by atoms with van der Waals surface area (Å²) in [5.41, 5.74) is 0.788. The lowest BCUT2D eigenvalue weighted by Gasteiger charge is -2.28. The molecule has 1 aromatic rings. The summed E-state index contributed by atoms with van der Waals surface area (Å²) in [5.74, 6) is -0.734. The number of carbonyl (C=O) groups is 1. The van der Waals surface area contributed by atoms with Crippen LogP contribution in [0, 0.1) is 11.3 Å². The molecule has 1 fully saturated rings. The highest BCUT2D eigenvalue weighted by Gasteiger charge is 2.33. The number of rotatable bonds is 4. The van der Waals surface area contributed by atoms with Crippen LogP contribution >= 0.6 is 0 Å². The zero-order valence-electron chi connectivity index (χ0n) is 12.1. The number of carbonyl (C=O) groups excluding carboxylic acids is 1. The maximum atomic E-state index is 12.7. The van der Waals surface area contributed by atoms with Gasteiger partial charge in [0.05, 0.1) is 6.07 Å². The van der Waals surface area contributed by atoms with E-state index in [1.165, 1.54) is 0 Å². The van der Waals surface area contributed by atoms with Crippen LogP contribution < -0.4 is 0 Å². The molecule has 0 saturated carbocycles. The second-order valence-corrected chi connectivity index (χ2v) is 5.56. The number of amides is 1. The summed E-state index contributed by atoms with van der Waals surface area (Å²) >= 11 is 0. The highest BCUT2D eigenvalue weighted by Crippen LogP contribution is 2.24. The van der Waals surface area contributed by atoms with Gasteiger partial charge in [0.1, 0.15) is 5.92 Å². The van der Waals surface area contributed by atoms with Crippen molar-refractivity contribution < 1.29 is 4.79 Å². The summed E-state index contributed by atoms with van der Waals surface area (Å²) in [6.45, 7) is 1.63. The Bertz CT molecular complexity index is 492. The van der Waals surface area contributed by atoms with Crippen LogP contribution in [0.4, 0.5) is 0 Å². The second kappa shape index (κ2) is 6.53. The summed E-state index contributed by atoms with van der Waals surface area (Å²) in [6.07, 6.45) is 2.05. The molecule has 0 spiro atoms. The molecule has 0 N–H and O–H groups in total. The van der Waals surface area contributed by atoms with Crippen molar-refractivity contribution in [1.29, 1.82) is 5.26 Å². The highest BCUT2D eigenvalue weighted by atomic mass is 16.2. The lowest BCUT2D eigenvalue weighted by atomic mass is 9.99. The lowest BCUT2D eigenvalue weighted by Crippen LogP contribution is -2.43. The minimum absolute atomic E-state index is 0.0527. The van der Waals surface area contributed by atoms with Gasteiger partial charge in [-0.05, 0) is 32.5 Å². The van der Waals surface area contributed by atoms with E-state index >= 15 is 0 Å². The SMILES string of the molecule is CN(C)CC1CCCN1C(=O)C(C#N)c1ccccc1. The van der Waals surface area contributed by atoms with Crippen LogP contribution in [0.15, 0.2) is 30.3 Å². The van der Waals surface area contributed by atoms with Gasteiger partial charge in [0.15, 0.2) is 0 Å². The van der Waals surface area contributed by atoms with Crippen LogP contribution in [0.1, 0.15) is 24.3 Å². The topological polar surface area (TPSA) is 47.3 Å². The molecule has 2 rings (SSSR count). The fourth-order valence-corrected chi connectivity index (χ4v) is 2.82. The third-order valence-electron chi connectivity index (χ3n) is 3.75. The first-order chi connectivity index (χ1) is 9.63. The zero-order chi connectivity index (χ0) is 14.5. The summed E-state index contributed by atoms with van der Waals surface area (Å²) < 4.78 is 0. The molecule has 2 atom stereocenters. The summed E-state index contributed by atoms with van der Waals surface area (Å²) in [4.78, 5) is 16.6. The molecule has 1 amide bonds. The molecule has 106 valence electrons. The van der Waals surface area contributed by atoms with Gasteiger partial charge in [0.25, 0.3) is 0 Å². The van der Waals surface area contributed by atoms with Gasteiger partial charge in [-0.15, -0.1) is 0 Å². The van der Waals surface area contributed by atoms with E-state index < -0.39 is 5.92 Å². The molecular formula is C16H21N3O. The average Bonchev–Trinajstić information content (AvgIpc) is 2.88. The Labute approximate surface area is 120 Å². The third kappa shape index (κ3) is 3.17. The third-order valence-corrected chi connectivity index (χ3v) is 3.75. The van der Waals surface area contributed by atoms with E-state index in [9.17, 15) is 10.1 Å². The lowest BCUT2D eigenvalue weighted by molar-refractivity contribution is -0.132. The smallest absolute Gasteiger partial charge is 0.244 e. The Morgan fingerprint density at radius 3 is 2.75 bits per heavy atom. The molecule has 1 aliphatic heterocycles. The maximum absolute atomic E-state index is 12.7. The van der Waals surface area contributed by atoms with Crippen molar-refractivity contribution in [2.45, 2.75) is 24.8 Å². The summed E-state index contributed by atoms with van der Waals surface area (Å²) in [7, 11) is 4.03. The van der Waals surface area contributed by atoms with Crippen LogP contribution in [0.5, 0.6) is 0 Å². The van der Waals surface area contributed by atoms with Crippen molar-refractivity contribution in [2.75, 3.05) is 27.2 Å². The predicted molar refractivity (Wildman–Crippen MR) is 78.1 cm³/mol. The molecule has 2 unspecified atom stereocenters. The van der Waals surface area contributed by atoms with E-state index in [2.05, 4.69) is 11.0 Å². The number of hydrogen-bond acceptors (Lipinski definition) is 3. The molecule has 4 nitrogen and oxygen atoms in total. The number of benzene rings is 1. The van der Waals surface area contributed by atoms with Gasteiger partial charge in [-0.25, -0.2) is 0 Å². The van der Waals surface area contributed by atoms with Crippen molar-refractivity contribution in [3.05, 3.63) is 35.9 Å². The largest absolute Gasteiger partial charge is 0.337 e. The highest BCUT2D eigenvalue weighted by molar-refractivity contribution is 5.87. The predicted octanol–water partition coefficient (Wildman–Crippen LogP) is 1.85. The first kappa shape index (κ1) is 14.5. The second-order valence-electron chi connectivity index (χ2n) is 5.56. The van der Waals surface area contributed by atoms with Crippen molar-refractivity contribution in [1.82, 2.24) is 9.80 Å². The molecule has 1 saturated heterocycles. The normalized spacial score (nSPS) is 19.9. The van der Waals surface area contributed by atoms with Gasteiger partial charge in [0, 0.05) is 19.1 Å². The Hall–Kier alpha value is -1.86. The van der Waals surface area contributed by atoms with Crippen LogP contribution in [0.3, 0.4) is 0 Å². The molecular weight excluding hydrogens is 250 g/mol. The quantitative estimate of drug-likeness (QED) is 0.839.